The van der Waals surface area contributed by atoms with Crippen LogP contribution in [-0.2, 0) is 27.0 Å². The standard InChI is InChI=1S/C7H15NO2S.C5H9NO.C4H8O.C2H6OS/c1-8(2)7(10)3-5-11-6-4-9;1-4-5(7)6(2)3;1-2-4-5-3-1;3-1-2-4/h9H,3-6H2,1-2H3;4H,1H2,2-3H3;1-4H2;3-4H,1-2H2/p+1. The van der Waals surface area contributed by atoms with Crippen molar-refractivity contribution in [2.24, 2.45) is 0 Å². The largest absolute Gasteiger partial charge is 0.396 e. The number of rotatable bonds is 7. The number of aliphatic hydroxyl groups excluding tert-OH is 2. The summed E-state index contributed by atoms with van der Waals surface area (Å²) in [5.74, 6) is 2.30. The zero-order valence-electron chi connectivity index (χ0n) is 17.3. The Morgan fingerprint density at radius 3 is 1.81 bits per heavy atom. The molecule has 1 heterocycles. The zero-order chi connectivity index (χ0) is 21.5. The summed E-state index contributed by atoms with van der Waals surface area (Å²) in [7, 11) is 6.87. The van der Waals surface area contributed by atoms with Crippen LogP contribution < -0.4 is 0 Å². The van der Waals surface area contributed by atoms with Gasteiger partial charge in [-0.25, -0.2) is 0 Å². The van der Waals surface area contributed by atoms with Gasteiger partial charge in [0.25, 0.3) is 0 Å². The van der Waals surface area contributed by atoms with E-state index in [-0.39, 0.29) is 25.0 Å². The fourth-order valence-corrected chi connectivity index (χ4v) is 1.89. The van der Waals surface area contributed by atoms with Crippen molar-refractivity contribution in [3.63, 3.8) is 0 Å². The van der Waals surface area contributed by atoms with Gasteiger partial charge < -0.3 is 24.7 Å². The number of carbonyl (C=O) groups is 2. The van der Waals surface area contributed by atoms with Crippen LogP contribution in [0.4, 0.5) is 0 Å². The van der Waals surface area contributed by atoms with E-state index in [9.17, 15) is 9.59 Å². The van der Waals surface area contributed by atoms with Gasteiger partial charge >= 0.3 is 0 Å². The molecule has 9 heteroatoms. The minimum absolute atomic E-state index is 0.0556. The molecule has 1 rings (SSSR count). The lowest BCUT2D eigenvalue weighted by Gasteiger charge is -2.08. The molecule has 2 amide bonds. The molecule has 0 aliphatic carbocycles. The van der Waals surface area contributed by atoms with Crippen molar-refractivity contribution in [3.8, 4) is 0 Å². The van der Waals surface area contributed by atoms with Crippen molar-refractivity contribution in [2.45, 2.75) is 19.3 Å². The predicted octanol–water partition coefficient (Wildman–Crippen LogP) is 0.238. The van der Waals surface area contributed by atoms with Crippen LogP contribution in [0.25, 0.3) is 0 Å². The zero-order valence-corrected chi connectivity index (χ0v) is 19.1. The van der Waals surface area contributed by atoms with Crippen LogP contribution in [0.3, 0.4) is 0 Å². The molecule has 1 saturated heterocycles. The summed E-state index contributed by atoms with van der Waals surface area (Å²) in [5.41, 5.74) is 0. The highest BCUT2D eigenvalue weighted by Crippen LogP contribution is 2.02. The lowest BCUT2D eigenvalue weighted by atomic mass is 10.4. The molecular formula is C18H39N2O5S2+. The number of thioether (sulfide) groups is 1. The van der Waals surface area contributed by atoms with Crippen molar-refractivity contribution in [1.29, 1.82) is 0 Å². The molecule has 0 unspecified atom stereocenters. The number of carbonyl (C=O) groups excluding carboxylic acids is 2. The van der Waals surface area contributed by atoms with E-state index < -0.39 is 0 Å². The molecule has 1 fully saturated rings. The van der Waals surface area contributed by atoms with Gasteiger partial charge in [0.15, 0.2) is 0 Å². The van der Waals surface area contributed by atoms with Gasteiger partial charge in [0.1, 0.15) is 5.75 Å². The summed E-state index contributed by atoms with van der Waals surface area (Å²) in [4.78, 5) is 24.3. The van der Waals surface area contributed by atoms with E-state index in [0.717, 1.165) is 24.7 Å². The Kier molecular flexibility index (Phi) is 29.0. The predicted molar refractivity (Wildman–Crippen MR) is 119 cm³/mol. The maximum absolute atomic E-state index is 11.0. The second-order valence-corrected chi connectivity index (χ2v) is 7.33. The molecule has 0 aromatic heterocycles. The van der Waals surface area contributed by atoms with Gasteiger partial charge in [0.05, 0.1) is 13.2 Å². The van der Waals surface area contributed by atoms with Crippen molar-refractivity contribution < 1.29 is 24.5 Å². The minimum Gasteiger partial charge on any atom is -0.396 e. The molecule has 0 aromatic rings. The highest BCUT2D eigenvalue weighted by Gasteiger charge is 2.01. The molecule has 0 bridgehead atoms. The number of aliphatic hydroxyl groups is 2. The molecule has 1 aliphatic heterocycles. The van der Waals surface area contributed by atoms with Crippen molar-refractivity contribution >= 4 is 36.2 Å². The first-order valence-corrected chi connectivity index (χ1v) is 10.7. The van der Waals surface area contributed by atoms with Crippen LogP contribution in [0.1, 0.15) is 19.3 Å². The van der Waals surface area contributed by atoms with Gasteiger partial charge in [0, 0.05) is 59.3 Å². The highest BCUT2D eigenvalue weighted by molar-refractivity contribution is 7.99. The van der Waals surface area contributed by atoms with Crippen molar-refractivity contribution in [2.75, 3.05) is 71.9 Å². The van der Waals surface area contributed by atoms with Crippen LogP contribution in [0, 0.1) is 0 Å². The van der Waals surface area contributed by atoms with Crippen LogP contribution in [0.15, 0.2) is 12.7 Å². The Morgan fingerprint density at radius 2 is 1.59 bits per heavy atom. The van der Waals surface area contributed by atoms with E-state index in [2.05, 4.69) is 19.2 Å². The first-order valence-electron chi connectivity index (χ1n) is 8.84. The Balaban J connectivity index is -0.000000308. The molecular weight excluding hydrogens is 388 g/mol. The van der Waals surface area contributed by atoms with Gasteiger partial charge in [0.2, 0.25) is 11.8 Å². The third kappa shape index (κ3) is 30.2. The summed E-state index contributed by atoms with van der Waals surface area (Å²) in [6.45, 7) is 5.72. The number of hydrogen-bond acceptors (Lipinski definition) is 6. The number of likely N-dealkylation sites (N-methyl/N-ethyl adjacent to an activating group) is 1. The average molecular weight is 428 g/mol. The highest BCUT2D eigenvalue weighted by atomic mass is 32.2. The monoisotopic (exact) mass is 427 g/mol. The molecule has 0 saturated carbocycles. The second kappa shape index (κ2) is 25.3. The first kappa shape index (κ1) is 31.0. The summed E-state index contributed by atoms with van der Waals surface area (Å²) in [6, 6.07) is 0. The Hall–Kier alpha value is -0.740. The first-order chi connectivity index (χ1) is 12.8. The summed E-state index contributed by atoms with van der Waals surface area (Å²) < 4.78 is 4.94. The fourth-order valence-electron chi connectivity index (χ4n) is 1.24. The third-order valence-corrected chi connectivity index (χ3v) is 3.94. The smallest absolute Gasteiger partial charge is 0.245 e. The molecule has 27 heavy (non-hydrogen) atoms. The molecule has 7 nitrogen and oxygen atoms in total. The second-order valence-electron chi connectivity index (χ2n) is 5.60. The van der Waals surface area contributed by atoms with Crippen molar-refractivity contribution in [3.05, 3.63) is 12.7 Å². The fraction of sp³-hybridized carbons (Fsp3) is 0.778. The topological polar surface area (TPSA) is 90.3 Å². The SMILES string of the molecule is C1CCOC1.C=CC(=O)N(C)C.CN(C)C(=O)CCSCCO.OCC[SH2+]. The normalized spacial score (nSPS) is 11.5. The van der Waals surface area contributed by atoms with Crippen LogP contribution in [0.5, 0.6) is 0 Å². The summed E-state index contributed by atoms with van der Waals surface area (Å²) in [6.07, 6.45) is 4.40. The third-order valence-electron chi connectivity index (χ3n) is 2.75. The molecule has 162 valence electrons. The van der Waals surface area contributed by atoms with Crippen LogP contribution in [0.2, 0.25) is 0 Å². The van der Waals surface area contributed by atoms with E-state index in [4.69, 9.17) is 14.9 Å². The molecule has 0 radical (unpaired) electrons. The van der Waals surface area contributed by atoms with E-state index in [1.54, 1.807) is 44.9 Å². The van der Waals surface area contributed by atoms with Crippen LogP contribution in [-0.4, -0.2) is 104 Å². The Bertz CT molecular complexity index is 343. The maximum atomic E-state index is 11.0. The van der Waals surface area contributed by atoms with Gasteiger partial charge in [-0.15, -0.1) is 0 Å². The van der Waals surface area contributed by atoms with Crippen LogP contribution >= 0.6 is 11.8 Å². The van der Waals surface area contributed by atoms with Gasteiger partial charge in [-0.05, 0) is 31.5 Å². The van der Waals surface area contributed by atoms with Gasteiger partial charge in [-0.2, -0.15) is 11.8 Å². The molecule has 0 aromatic carbocycles. The summed E-state index contributed by atoms with van der Waals surface area (Å²) >= 11 is 4.64. The molecule has 0 spiro atoms. The Morgan fingerprint density at radius 1 is 1.07 bits per heavy atom. The van der Waals surface area contributed by atoms with Crippen molar-refractivity contribution in [1.82, 2.24) is 9.80 Å². The number of nitrogens with zero attached hydrogens (tertiary/aromatic N) is 2. The van der Waals surface area contributed by atoms with E-state index >= 15 is 0 Å². The van der Waals surface area contributed by atoms with E-state index in [0.29, 0.717) is 12.2 Å². The quantitative estimate of drug-likeness (QED) is 0.344. The van der Waals surface area contributed by atoms with E-state index in [1.165, 1.54) is 23.8 Å². The minimum atomic E-state index is -0.0556. The lowest BCUT2D eigenvalue weighted by Crippen LogP contribution is -2.21. The molecule has 0 atom stereocenters. The molecule has 2 N–H and O–H groups in total. The van der Waals surface area contributed by atoms with Gasteiger partial charge in [-0.1, -0.05) is 6.58 Å². The molecule has 1 aliphatic rings. The number of hydrogen-bond donors (Lipinski definition) is 2. The summed E-state index contributed by atoms with van der Waals surface area (Å²) in [5, 5.41) is 16.3. The average Bonchev–Trinajstić information content (AvgIpc) is 3.25. The lowest BCUT2D eigenvalue weighted by molar-refractivity contribution is -0.128. The number of amides is 2. The van der Waals surface area contributed by atoms with Gasteiger partial charge in [-0.3, -0.25) is 9.59 Å². The Labute approximate surface area is 174 Å². The number of ether oxygens (including phenoxy) is 1. The van der Waals surface area contributed by atoms with E-state index in [1.807, 2.05) is 0 Å². The maximum Gasteiger partial charge on any atom is 0.245 e.